The van der Waals surface area contributed by atoms with Crippen LogP contribution < -0.4 is 5.73 Å². The van der Waals surface area contributed by atoms with E-state index < -0.39 is 17.3 Å². The molecule has 1 fully saturated rings. The third-order valence-corrected chi connectivity index (χ3v) is 5.39. The van der Waals surface area contributed by atoms with E-state index in [9.17, 15) is 14.7 Å². The summed E-state index contributed by atoms with van der Waals surface area (Å²) in [5.74, 6) is 5.51. The Morgan fingerprint density at radius 3 is 2.61 bits per heavy atom. The highest BCUT2D eigenvalue weighted by Gasteiger charge is 2.42. The minimum Gasteiger partial charge on any atom is -0.442 e. The number of nitrogens with two attached hydrogens (primary N) is 1. The number of rotatable bonds is 1. The maximum atomic E-state index is 12.5. The maximum absolute atomic E-state index is 12.5. The van der Waals surface area contributed by atoms with E-state index in [1.807, 2.05) is 36.4 Å². The molecule has 0 unspecified atom stereocenters. The van der Waals surface area contributed by atoms with Gasteiger partial charge in [0.15, 0.2) is 5.82 Å². The highest BCUT2D eigenvalue weighted by molar-refractivity contribution is 5.97. The number of benzene rings is 2. The van der Waals surface area contributed by atoms with Crippen molar-refractivity contribution in [2.45, 2.75) is 38.4 Å². The van der Waals surface area contributed by atoms with Crippen LogP contribution in [0.5, 0.6) is 0 Å². The molecule has 170 valence electrons. The standard InChI is InChI=1S/C25H26N4O4/c1-24(2,3)33-23(31)29-20-9-8-18(15-19(20)21(26)27-29)17-7-5-6-16(14-17)10-11-25(32)12-13-28(4)22(25)30/h5-9,14-15,32H,12-13H2,1-4H3,(H2,26,27)/t25-/m0/s1. The van der Waals surface area contributed by atoms with Crippen LogP contribution in [0.3, 0.4) is 0 Å². The van der Waals surface area contributed by atoms with Crippen molar-refractivity contribution in [2.75, 3.05) is 19.3 Å². The number of carbonyl (C=O) groups excluding carboxylic acids is 2. The second-order valence-electron chi connectivity index (χ2n) is 9.18. The molecule has 1 aromatic heterocycles. The van der Waals surface area contributed by atoms with Crippen molar-refractivity contribution in [3.8, 4) is 23.0 Å². The van der Waals surface area contributed by atoms with Crippen molar-refractivity contribution in [3.63, 3.8) is 0 Å². The van der Waals surface area contributed by atoms with E-state index in [-0.39, 0.29) is 18.1 Å². The number of carbonyl (C=O) groups is 2. The molecule has 33 heavy (non-hydrogen) atoms. The highest BCUT2D eigenvalue weighted by atomic mass is 16.6. The molecule has 1 amide bonds. The third kappa shape index (κ3) is 4.41. The average molecular weight is 447 g/mol. The van der Waals surface area contributed by atoms with E-state index in [0.717, 1.165) is 15.8 Å². The summed E-state index contributed by atoms with van der Waals surface area (Å²) in [7, 11) is 1.65. The van der Waals surface area contributed by atoms with Gasteiger partial charge >= 0.3 is 6.09 Å². The Morgan fingerprint density at radius 2 is 1.94 bits per heavy atom. The molecule has 2 aromatic carbocycles. The van der Waals surface area contributed by atoms with E-state index in [1.54, 1.807) is 33.9 Å². The molecular formula is C25H26N4O4. The molecule has 2 heterocycles. The van der Waals surface area contributed by atoms with Gasteiger partial charge in [-0.15, -0.1) is 5.10 Å². The quantitative estimate of drug-likeness (QED) is 0.556. The summed E-state index contributed by atoms with van der Waals surface area (Å²) < 4.78 is 6.58. The fourth-order valence-corrected chi connectivity index (χ4v) is 3.69. The Hall–Kier alpha value is -3.83. The van der Waals surface area contributed by atoms with Gasteiger partial charge in [0, 0.05) is 31.0 Å². The molecule has 1 aliphatic rings. The van der Waals surface area contributed by atoms with Crippen LogP contribution in [0.25, 0.3) is 22.0 Å². The molecule has 0 aliphatic carbocycles. The summed E-state index contributed by atoms with van der Waals surface area (Å²) >= 11 is 0. The van der Waals surface area contributed by atoms with Crippen LogP contribution in [0.1, 0.15) is 32.8 Å². The monoisotopic (exact) mass is 446 g/mol. The molecule has 1 aliphatic heterocycles. The lowest BCUT2D eigenvalue weighted by Gasteiger charge is -2.19. The first kappa shape index (κ1) is 22.4. The van der Waals surface area contributed by atoms with Crippen molar-refractivity contribution in [1.82, 2.24) is 14.7 Å². The van der Waals surface area contributed by atoms with Crippen LogP contribution in [0, 0.1) is 11.8 Å². The highest BCUT2D eigenvalue weighted by Crippen LogP contribution is 2.29. The van der Waals surface area contributed by atoms with Gasteiger partial charge in [-0.05, 0) is 56.2 Å². The van der Waals surface area contributed by atoms with Gasteiger partial charge in [-0.1, -0.05) is 30.0 Å². The van der Waals surface area contributed by atoms with Gasteiger partial charge in [0.05, 0.1) is 5.52 Å². The second kappa shape index (κ2) is 7.94. The molecule has 0 bridgehead atoms. The molecule has 1 atom stereocenters. The number of nitrogen functional groups attached to an aromatic ring is 1. The first-order valence-electron chi connectivity index (χ1n) is 10.6. The third-order valence-electron chi connectivity index (χ3n) is 5.39. The lowest BCUT2D eigenvalue weighted by Crippen LogP contribution is -2.37. The van der Waals surface area contributed by atoms with Crippen LogP contribution in [-0.2, 0) is 9.53 Å². The number of aliphatic hydroxyl groups is 1. The predicted octanol–water partition coefficient (Wildman–Crippen LogP) is 3.01. The number of ether oxygens (including phenoxy) is 1. The number of likely N-dealkylation sites (tertiary alicyclic amines) is 1. The van der Waals surface area contributed by atoms with Gasteiger partial charge < -0.3 is 20.5 Å². The van der Waals surface area contributed by atoms with Gasteiger partial charge in [-0.3, -0.25) is 4.79 Å². The zero-order chi connectivity index (χ0) is 24.0. The maximum Gasteiger partial charge on any atom is 0.435 e. The number of hydrogen-bond acceptors (Lipinski definition) is 6. The largest absolute Gasteiger partial charge is 0.442 e. The molecule has 1 saturated heterocycles. The zero-order valence-corrected chi connectivity index (χ0v) is 19.0. The van der Waals surface area contributed by atoms with Gasteiger partial charge in [0.1, 0.15) is 5.60 Å². The van der Waals surface area contributed by atoms with Gasteiger partial charge in [-0.25, -0.2) is 4.79 Å². The number of hydrogen-bond donors (Lipinski definition) is 2. The van der Waals surface area contributed by atoms with Crippen LogP contribution in [-0.4, -0.2) is 56.6 Å². The van der Waals surface area contributed by atoms with Crippen LogP contribution in [0.4, 0.5) is 10.6 Å². The first-order valence-corrected chi connectivity index (χ1v) is 10.6. The fraction of sp³-hybridized carbons (Fsp3) is 0.320. The number of fused-ring (bicyclic) bond motifs is 1. The Bertz CT molecular complexity index is 1330. The molecule has 8 heteroatoms. The van der Waals surface area contributed by atoms with E-state index >= 15 is 0 Å². The summed E-state index contributed by atoms with van der Waals surface area (Å²) in [6.45, 7) is 5.83. The molecule has 0 radical (unpaired) electrons. The Labute approximate surface area is 191 Å². The predicted molar refractivity (Wildman–Crippen MR) is 125 cm³/mol. The van der Waals surface area contributed by atoms with E-state index in [1.165, 1.54) is 4.90 Å². The lowest BCUT2D eigenvalue weighted by molar-refractivity contribution is -0.137. The molecule has 3 aromatic rings. The minimum atomic E-state index is -1.64. The van der Waals surface area contributed by atoms with Gasteiger partial charge in [0.25, 0.3) is 5.91 Å². The number of amides is 1. The number of nitrogens with zero attached hydrogens (tertiary/aromatic N) is 3. The number of anilines is 1. The Morgan fingerprint density at radius 1 is 1.21 bits per heavy atom. The van der Waals surface area contributed by atoms with E-state index in [0.29, 0.717) is 23.0 Å². The summed E-state index contributed by atoms with van der Waals surface area (Å²) in [5, 5.41) is 15.3. The minimum absolute atomic E-state index is 0.222. The summed E-state index contributed by atoms with van der Waals surface area (Å²) in [6, 6.07) is 12.9. The number of likely N-dealkylation sites (N-methyl/N-ethyl adjacent to an activating group) is 1. The zero-order valence-electron chi connectivity index (χ0n) is 19.0. The van der Waals surface area contributed by atoms with Crippen molar-refractivity contribution < 1.29 is 19.4 Å². The molecule has 8 nitrogen and oxygen atoms in total. The molecule has 4 rings (SSSR count). The normalized spacial score (nSPS) is 18.3. The topological polar surface area (TPSA) is 111 Å². The molecule has 0 saturated carbocycles. The van der Waals surface area contributed by atoms with Gasteiger partial charge in [0.2, 0.25) is 5.60 Å². The Balaban J connectivity index is 1.66. The molecule has 0 spiro atoms. The van der Waals surface area contributed by atoms with Crippen molar-refractivity contribution in [1.29, 1.82) is 0 Å². The van der Waals surface area contributed by atoms with E-state index in [4.69, 9.17) is 10.5 Å². The molecular weight excluding hydrogens is 420 g/mol. The van der Waals surface area contributed by atoms with Crippen LogP contribution in [0.15, 0.2) is 42.5 Å². The number of aromatic nitrogens is 2. The summed E-state index contributed by atoms with van der Waals surface area (Å²) in [5.41, 5.74) is 6.73. The Kier molecular flexibility index (Phi) is 5.38. The van der Waals surface area contributed by atoms with E-state index in [2.05, 4.69) is 16.9 Å². The van der Waals surface area contributed by atoms with Gasteiger partial charge in [-0.2, -0.15) is 4.68 Å². The smallest absolute Gasteiger partial charge is 0.435 e. The first-order chi connectivity index (χ1) is 15.5. The average Bonchev–Trinajstić information content (AvgIpc) is 3.23. The summed E-state index contributed by atoms with van der Waals surface area (Å²) in [6.07, 6.45) is -0.314. The molecule has 3 N–H and O–H groups in total. The van der Waals surface area contributed by atoms with Crippen LogP contribution in [0.2, 0.25) is 0 Å². The SMILES string of the molecule is CN1CC[C@@](O)(C#Cc2cccc(-c3ccc4c(c3)c(N)nn4C(=O)OC(C)(C)C)c2)C1=O. The van der Waals surface area contributed by atoms with Crippen molar-refractivity contribution in [2.24, 2.45) is 0 Å². The van der Waals surface area contributed by atoms with Crippen molar-refractivity contribution in [3.05, 3.63) is 48.0 Å². The second-order valence-corrected chi connectivity index (χ2v) is 9.18. The fourth-order valence-electron chi connectivity index (χ4n) is 3.69. The van der Waals surface area contributed by atoms with Crippen molar-refractivity contribution >= 4 is 28.7 Å². The summed E-state index contributed by atoms with van der Waals surface area (Å²) in [4.78, 5) is 26.1. The van der Waals surface area contributed by atoms with Crippen LogP contribution >= 0.6 is 0 Å². The lowest BCUT2D eigenvalue weighted by atomic mass is 10.00.